The van der Waals surface area contributed by atoms with Crippen molar-refractivity contribution >= 4 is 6.03 Å². The van der Waals surface area contributed by atoms with Gasteiger partial charge in [0.1, 0.15) is 0 Å². The van der Waals surface area contributed by atoms with Gasteiger partial charge in [0.25, 0.3) is 0 Å². The number of benzene rings is 1. The van der Waals surface area contributed by atoms with Crippen molar-refractivity contribution in [3.05, 3.63) is 35.9 Å². The summed E-state index contributed by atoms with van der Waals surface area (Å²) < 4.78 is 0. The number of likely N-dealkylation sites (tertiary alicyclic amines) is 2. The van der Waals surface area contributed by atoms with Crippen LogP contribution >= 0.6 is 0 Å². The Bertz CT molecular complexity index is 564. The minimum Gasteiger partial charge on any atom is -0.337 e. The summed E-state index contributed by atoms with van der Waals surface area (Å²) in [6.45, 7) is 5.04. The number of urea groups is 1. The van der Waals surface area contributed by atoms with E-state index in [0.29, 0.717) is 6.04 Å². The molecule has 0 bridgehead atoms. The normalized spacial score (nSPS) is 26.3. The van der Waals surface area contributed by atoms with Crippen molar-refractivity contribution in [2.24, 2.45) is 0 Å². The van der Waals surface area contributed by atoms with Crippen LogP contribution in [-0.4, -0.2) is 54.6 Å². The number of hydrogen-bond acceptors (Lipinski definition) is 2. The summed E-state index contributed by atoms with van der Waals surface area (Å²) in [5, 5.41) is 3.23. The van der Waals surface area contributed by atoms with Gasteiger partial charge in [-0.15, -0.1) is 0 Å². The van der Waals surface area contributed by atoms with E-state index in [2.05, 4.69) is 40.5 Å². The lowest BCUT2D eigenvalue weighted by Crippen LogP contribution is -2.52. The summed E-state index contributed by atoms with van der Waals surface area (Å²) in [6.07, 6.45) is 7.40. The molecule has 1 aromatic carbocycles. The second-order valence-corrected chi connectivity index (χ2v) is 7.79. The molecule has 4 rings (SSSR count). The Morgan fingerprint density at radius 3 is 2.54 bits per heavy atom. The standard InChI is InChI=1S/C20H29N3O/c24-19(21-16-20(10-11-20)17-7-2-1-3-8-17)23-14-6-9-18(15-23)22-12-4-5-13-22/h1-3,7-8,18H,4-6,9-16H2,(H,21,24). The highest BCUT2D eigenvalue weighted by Gasteiger charge is 2.44. The Hall–Kier alpha value is -1.55. The zero-order valence-corrected chi connectivity index (χ0v) is 14.5. The summed E-state index contributed by atoms with van der Waals surface area (Å²) in [6, 6.07) is 11.4. The SMILES string of the molecule is O=C(NCC1(c2ccccc2)CC1)N1CCCC(N2CCCC2)C1. The number of hydrogen-bond donors (Lipinski definition) is 1. The third kappa shape index (κ3) is 3.30. The quantitative estimate of drug-likeness (QED) is 0.923. The lowest BCUT2D eigenvalue weighted by atomic mass is 9.96. The minimum absolute atomic E-state index is 0.140. The van der Waals surface area contributed by atoms with Crippen molar-refractivity contribution in [1.82, 2.24) is 15.1 Å². The van der Waals surface area contributed by atoms with Crippen molar-refractivity contribution in [2.45, 2.75) is 50.0 Å². The zero-order valence-electron chi connectivity index (χ0n) is 14.5. The largest absolute Gasteiger partial charge is 0.337 e. The third-order valence-electron chi connectivity index (χ3n) is 6.16. The number of rotatable bonds is 4. The Kier molecular flexibility index (Phi) is 4.49. The average Bonchev–Trinajstić information content (AvgIpc) is 3.24. The fourth-order valence-electron chi connectivity index (χ4n) is 4.41. The topological polar surface area (TPSA) is 35.6 Å². The first-order chi connectivity index (χ1) is 11.8. The van der Waals surface area contributed by atoms with Crippen LogP contribution in [0.5, 0.6) is 0 Å². The van der Waals surface area contributed by atoms with Crippen LogP contribution in [0.2, 0.25) is 0 Å². The molecule has 0 aromatic heterocycles. The van der Waals surface area contributed by atoms with E-state index in [4.69, 9.17) is 0 Å². The van der Waals surface area contributed by atoms with Gasteiger partial charge in [0.2, 0.25) is 0 Å². The molecule has 2 aliphatic heterocycles. The maximum atomic E-state index is 12.7. The number of amides is 2. The highest BCUT2D eigenvalue weighted by Crippen LogP contribution is 2.47. The molecular formula is C20H29N3O. The molecule has 2 saturated heterocycles. The molecule has 1 saturated carbocycles. The molecule has 1 unspecified atom stereocenters. The van der Waals surface area contributed by atoms with E-state index < -0.39 is 0 Å². The van der Waals surface area contributed by atoms with Crippen molar-refractivity contribution in [2.75, 3.05) is 32.7 Å². The van der Waals surface area contributed by atoms with E-state index in [0.717, 1.165) is 26.1 Å². The minimum atomic E-state index is 0.140. The first-order valence-corrected chi connectivity index (χ1v) is 9.59. The van der Waals surface area contributed by atoms with E-state index in [9.17, 15) is 4.79 Å². The van der Waals surface area contributed by atoms with Crippen molar-refractivity contribution in [3.63, 3.8) is 0 Å². The molecule has 1 atom stereocenters. The van der Waals surface area contributed by atoms with Crippen LogP contribution < -0.4 is 5.32 Å². The molecule has 4 heteroatoms. The second kappa shape index (κ2) is 6.75. The van der Waals surface area contributed by atoms with Crippen LogP contribution in [0.1, 0.15) is 44.1 Å². The molecule has 0 radical (unpaired) electrons. The third-order valence-corrected chi connectivity index (χ3v) is 6.16. The van der Waals surface area contributed by atoms with E-state index in [1.54, 1.807) is 0 Å². The van der Waals surface area contributed by atoms with Crippen molar-refractivity contribution < 1.29 is 4.79 Å². The number of carbonyl (C=O) groups excluding carboxylic acids is 1. The van der Waals surface area contributed by atoms with Crippen LogP contribution in [-0.2, 0) is 5.41 Å². The van der Waals surface area contributed by atoms with Gasteiger partial charge in [-0.3, -0.25) is 4.90 Å². The van der Waals surface area contributed by atoms with Gasteiger partial charge in [-0.1, -0.05) is 30.3 Å². The predicted molar refractivity (Wildman–Crippen MR) is 96.2 cm³/mol. The Labute approximate surface area is 145 Å². The smallest absolute Gasteiger partial charge is 0.317 e. The van der Waals surface area contributed by atoms with Crippen LogP contribution in [0.3, 0.4) is 0 Å². The van der Waals surface area contributed by atoms with Crippen LogP contribution in [0.25, 0.3) is 0 Å². The molecule has 130 valence electrons. The maximum absolute atomic E-state index is 12.7. The van der Waals surface area contributed by atoms with Gasteiger partial charge < -0.3 is 10.2 Å². The monoisotopic (exact) mass is 327 g/mol. The van der Waals surface area contributed by atoms with Gasteiger partial charge in [-0.05, 0) is 57.2 Å². The van der Waals surface area contributed by atoms with Crippen LogP contribution in [0.4, 0.5) is 4.79 Å². The molecule has 1 aliphatic carbocycles. The fourth-order valence-corrected chi connectivity index (χ4v) is 4.41. The summed E-state index contributed by atoms with van der Waals surface area (Å²) >= 11 is 0. The number of nitrogens with zero attached hydrogens (tertiary/aromatic N) is 2. The molecule has 2 heterocycles. The number of carbonyl (C=O) groups is 1. The molecule has 3 fully saturated rings. The maximum Gasteiger partial charge on any atom is 0.317 e. The molecule has 24 heavy (non-hydrogen) atoms. The van der Waals surface area contributed by atoms with Gasteiger partial charge in [0.05, 0.1) is 0 Å². The Balaban J connectivity index is 1.31. The molecule has 4 nitrogen and oxygen atoms in total. The van der Waals surface area contributed by atoms with Crippen LogP contribution in [0, 0.1) is 0 Å². The second-order valence-electron chi connectivity index (χ2n) is 7.79. The first-order valence-electron chi connectivity index (χ1n) is 9.59. The predicted octanol–water partition coefficient (Wildman–Crippen LogP) is 2.99. The molecule has 1 aromatic rings. The first kappa shape index (κ1) is 15.9. The molecular weight excluding hydrogens is 298 g/mol. The number of piperidine rings is 1. The van der Waals surface area contributed by atoms with Crippen LogP contribution in [0.15, 0.2) is 30.3 Å². The van der Waals surface area contributed by atoms with Gasteiger partial charge in [-0.25, -0.2) is 4.79 Å². The van der Waals surface area contributed by atoms with E-state index >= 15 is 0 Å². The lowest BCUT2D eigenvalue weighted by Gasteiger charge is -2.37. The van der Waals surface area contributed by atoms with Gasteiger partial charge in [0.15, 0.2) is 0 Å². The molecule has 2 amide bonds. The van der Waals surface area contributed by atoms with E-state index in [1.165, 1.54) is 50.8 Å². The van der Waals surface area contributed by atoms with Gasteiger partial charge >= 0.3 is 6.03 Å². The lowest BCUT2D eigenvalue weighted by molar-refractivity contribution is 0.125. The zero-order chi connectivity index (χ0) is 16.4. The highest BCUT2D eigenvalue weighted by atomic mass is 16.2. The van der Waals surface area contributed by atoms with Crippen molar-refractivity contribution in [1.29, 1.82) is 0 Å². The van der Waals surface area contributed by atoms with Gasteiger partial charge in [0, 0.05) is 31.1 Å². The molecule has 0 spiro atoms. The summed E-state index contributed by atoms with van der Waals surface area (Å²) in [5.74, 6) is 0. The summed E-state index contributed by atoms with van der Waals surface area (Å²) in [5.41, 5.74) is 1.57. The van der Waals surface area contributed by atoms with E-state index in [-0.39, 0.29) is 11.4 Å². The molecule has 1 N–H and O–H groups in total. The fraction of sp³-hybridized carbons (Fsp3) is 0.650. The van der Waals surface area contributed by atoms with Gasteiger partial charge in [-0.2, -0.15) is 0 Å². The Morgan fingerprint density at radius 1 is 1.08 bits per heavy atom. The average molecular weight is 327 g/mol. The summed E-state index contributed by atoms with van der Waals surface area (Å²) in [4.78, 5) is 17.3. The Morgan fingerprint density at radius 2 is 1.83 bits per heavy atom. The number of nitrogens with one attached hydrogen (secondary N) is 1. The molecule has 3 aliphatic rings. The summed E-state index contributed by atoms with van der Waals surface area (Å²) in [7, 11) is 0. The highest BCUT2D eigenvalue weighted by molar-refractivity contribution is 5.74. The van der Waals surface area contributed by atoms with E-state index in [1.807, 2.05) is 4.90 Å². The van der Waals surface area contributed by atoms with Crippen molar-refractivity contribution in [3.8, 4) is 0 Å².